The maximum Gasteiger partial charge on any atom is 0.410 e. The quantitative estimate of drug-likeness (QED) is 0.332. The third-order valence-electron chi connectivity index (χ3n) is 7.67. The van der Waals surface area contributed by atoms with Crippen molar-refractivity contribution in [1.29, 1.82) is 0 Å². The maximum absolute atomic E-state index is 14.0. The molecule has 39 heavy (non-hydrogen) atoms. The molecule has 2 aromatic heterocycles. The molecule has 1 saturated carbocycles. The fraction of sp³-hybridized carbons (Fsp3) is 0.464. The summed E-state index contributed by atoms with van der Waals surface area (Å²) in [7, 11) is 0. The molecule has 11 heteroatoms. The lowest BCUT2D eigenvalue weighted by Crippen LogP contribution is -2.53. The van der Waals surface area contributed by atoms with E-state index in [4.69, 9.17) is 32.7 Å². The first-order valence-corrected chi connectivity index (χ1v) is 13.8. The summed E-state index contributed by atoms with van der Waals surface area (Å²) >= 11 is 12.4. The number of rotatable bonds is 3. The monoisotopic (exact) mass is 573 g/mol. The molecule has 3 aromatic rings. The number of fused-ring (bicyclic) bond motifs is 1. The highest BCUT2D eigenvalue weighted by atomic mass is 35.5. The number of piperidine rings is 1. The van der Waals surface area contributed by atoms with Crippen LogP contribution in [-0.2, 0) is 4.74 Å². The summed E-state index contributed by atoms with van der Waals surface area (Å²) in [6, 6.07) is 4.82. The standard InChI is InChI=1S/C28H30Cl2FN5O3/c1-27(2,3)39-26(37)35-8-4-7-28(15-35)10-18(11-28)36-14-17(13-33-36)16-9-21-24(32-12-16)34-25(38-21)22-19(29)5-6-20(31)23(22)30/h5-6,9,12-14,18,25H,4,7-8,10-11,15H2,1-3H3,(H,32,34)/t18?,25-,28?/m0/s1. The number of carbonyl (C=O) groups excluding carboxylic acids is 1. The maximum atomic E-state index is 14.0. The van der Waals surface area contributed by atoms with Gasteiger partial charge in [-0.3, -0.25) is 4.68 Å². The first-order chi connectivity index (χ1) is 18.5. The van der Waals surface area contributed by atoms with Crippen molar-refractivity contribution in [3.05, 3.63) is 58.2 Å². The van der Waals surface area contributed by atoms with Gasteiger partial charge >= 0.3 is 6.09 Å². The van der Waals surface area contributed by atoms with Gasteiger partial charge in [-0.2, -0.15) is 5.10 Å². The number of likely N-dealkylation sites (tertiary alicyclic amines) is 1. The smallest absolute Gasteiger partial charge is 0.410 e. The van der Waals surface area contributed by atoms with Crippen molar-refractivity contribution in [3.8, 4) is 16.9 Å². The summed E-state index contributed by atoms with van der Waals surface area (Å²) < 4.78 is 27.7. The number of amides is 1. The first-order valence-electron chi connectivity index (χ1n) is 13.1. The molecule has 0 radical (unpaired) electrons. The molecule has 0 unspecified atom stereocenters. The number of pyridine rings is 1. The molecule has 2 fully saturated rings. The number of hydrogen-bond acceptors (Lipinski definition) is 6. The van der Waals surface area contributed by atoms with Crippen LogP contribution in [0.3, 0.4) is 0 Å². The number of hydrogen-bond donors (Lipinski definition) is 1. The van der Waals surface area contributed by atoms with Crippen LogP contribution in [0.15, 0.2) is 36.8 Å². The Bertz CT molecular complexity index is 1430. The molecule has 3 aliphatic rings. The topological polar surface area (TPSA) is 81.5 Å². The first kappa shape index (κ1) is 26.2. The zero-order valence-corrected chi connectivity index (χ0v) is 23.5. The minimum Gasteiger partial charge on any atom is -0.462 e. The van der Waals surface area contributed by atoms with Crippen molar-refractivity contribution >= 4 is 35.1 Å². The van der Waals surface area contributed by atoms with Crippen LogP contribution in [0.1, 0.15) is 64.3 Å². The fourth-order valence-electron chi connectivity index (χ4n) is 5.83. The summed E-state index contributed by atoms with van der Waals surface area (Å²) in [5.74, 6) is 0.482. The lowest BCUT2D eigenvalue weighted by molar-refractivity contribution is -0.0365. The molecule has 1 N–H and O–H groups in total. The Morgan fingerprint density at radius 3 is 2.79 bits per heavy atom. The molecule has 1 atom stereocenters. The second-order valence-electron chi connectivity index (χ2n) is 11.7. The number of aromatic nitrogens is 3. The number of benzene rings is 1. The molecule has 8 nitrogen and oxygen atoms in total. The highest BCUT2D eigenvalue weighted by molar-refractivity contribution is 6.36. The van der Waals surface area contributed by atoms with E-state index in [9.17, 15) is 9.18 Å². The van der Waals surface area contributed by atoms with Gasteiger partial charge in [-0.1, -0.05) is 23.2 Å². The average molecular weight is 574 g/mol. The molecule has 2 aliphatic heterocycles. The van der Waals surface area contributed by atoms with Gasteiger partial charge < -0.3 is 19.7 Å². The van der Waals surface area contributed by atoms with Gasteiger partial charge in [-0.15, -0.1) is 0 Å². The normalized spacial score (nSPS) is 24.1. The third kappa shape index (κ3) is 5.02. The number of anilines is 1. The lowest BCUT2D eigenvalue weighted by atomic mass is 9.61. The summed E-state index contributed by atoms with van der Waals surface area (Å²) in [5.41, 5.74) is 1.72. The Hall–Kier alpha value is -3.04. The Morgan fingerprint density at radius 2 is 2.03 bits per heavy atom. The van der Waals surface area contributed by atoms with E-state index in [0.717, 1.165) is 49.9 Å². The molecule has 1 saturated heterocycles. The predicted octanol–water partition coefficient (Wildman–Crippen LogP) is 7.25. The number of halogens is 3. The van der Waals surface area contributed by atoms with Gasteiger partial charge in [0.05, 0.1) is 27.8 Å². The average Bonchev–Trinajstić information content (AvgIpc) is 3.51. The molecular formula is C28H30Cl2FN5O3. The van der Waals surface area contributed by atoms with E-state index >= 15 is 0 Å². The molecule has 1 spiro atoms. The van der Waals surface area contributed by atoms with Gasteiger partial charge in [0.1, 0.15) is 11.4 Å². The van der Waals surface area contributed by atoms with Crippen LogP contribution in [0.25, 0.3) is 11.1 Å². The summed E-state index contributed by atoms with van der Waals surface area (Å²) in [6.07, 6.45) is 8.65. The fourth-order valence-corrected chi connectivity index (χ4v) is 6.40. The van der Waals surface area contributed by atoms with Crippen molar-refractivity contribution in [2.45, 2.75) is 64.3 Å². The van der Waals surface area contributed by atoms with E-state index in [1.54, 1.807) is 6.20 Å². The molecule has 1 aliphatic carbocycles. The third-order valence-corrected chi connectivity index (χ3v) is 8.38. The van der Waals surface area contributed by atoms with Crippen molar-refractivity contribution < 1.29 is 18.7 Å². The van der Waals surface area contributed by atoms with Gasteiger partial charge in [-0.25, -0.2) is 14.2 Å². The molecule has 6 rings (SSSR count). The van der Waals surface area contributed by atoms with Crippen molar-refractivity contribution in [3.63, 3.8) is 0 Å². The minimum atomic E-state index is -0.747. The largest absolute Gasteiger partial charge is 0.462 e. The number of ether oxygens (including phenoxy) is 2. The van der Waals surface area contributed by atoms with Crippen molar-refractivity contribution in [1.82, 2.24) is 19.7 Å². The Morgan fingerprint density at radius 1 is 1.23 bits per heavy atom. The molecule has 1 amide bonds. The molecular weight excluding hydrogens is 544 g/mol. The van der Waals surface area contributed by atoms with Crippen LogP contribution in [0, 0.1) is 11.2 Å². The Balaban J connectivity index is 1.12. The van der Waals surface area contributed by atoms with E-state index < -0.39 is 17.6 Å². The van der Waals surface area contributed by atoms with Crippen LogP contribution in [-0.4, -0.2) is 44.4 Å². The second kappa shape index (κ2) is 9.55. The highest BCUT2D eigenvalue weighted by Gasteiger charge is 2.49. The van der Waals surface area contributed by atoms with Crippen LogP contribution >= 0.6 is 23.2 Å². The van der Waals surface area contributed by atoms with E-state index in [1.165, 1.54) is 12.1 Å². The minimum absolute atomic E-state index is 0.0836. The highest BCUT2D eigenvalue weighted by Crippen LogP contribution is 2.53. The summed E-state index contributed by atoms with van der Waals surface area (Å²) in [4.78, 5) is 19.0. The van der Waals surface area contributed by atoms with Gasteiger partial charge in [0.15, 0.2) is 11.6 Å². The molecule has 4 heterocycles. The van der Waals surface area contributed by atoms with Gasteiger partial charge in [0.2, 0.25) is 6.23 Å². The SMILES string of the molecule is CC(C)(C)OC(=O)N1CCCC2(CC(n3cc(-c4cnc5c(c4)O[C@@H](c4c(Cl)ccc(F)c4Cl)N5)cn3)C2)C1. The molecule has 206 valence electrons. The number of nitrogens with one attached hydrogen (secondary N) is 1. The van der Waals surface area contributed by atoms with Gasteiger partial charge in [0.25, 0.3) is 0 Å². The number of carbonyl (C=O) groups is 1. The van der Waals surface area contributed by atoms with Crippen LogP contribution in [0.4, 0.5) is 15.0 Å². The van der Waals surface area contributed by atoms with Gasteiger partial charge in [-0.05, 0) is 70.1 Å². The molecule has 0 bridgehead atoms. The van der Waals surface area contributed by atoms with Crippen molar-refractivity contribution in [2.24, 2.45) is 5.41 Å². The summed E-state index contributed by atoms with van der Waals surface area (Å²) in [5, 5.41) is 7.97. The van der Waals surface area contributed by atoms with Crippen molar-refractivity contribution in [2.75, 3.05) is 18.4 Å². The Labute approximate surface area is 236 Å². The molecule has 1 aromatic carbocycles. The zero-order chi connectivity index (χ0) is 27.5. The zero-order valence-electron chi connectivity index (χ0n) is 22.0. The Kier molecular flexibility index (Phi) is 6.42. The predicted molar refractivity (Wildman–Crippen MR) is 147 cm³/mol. The van der Waals surface area contributed by atoms with E-state index in [2.05, 4.69) is 15.4 Å². The van der Waals surface area contributed by atoms with Crippen LogP contribution < -0.4 is 10.1 Å². The van der Waals surface area contributed by atoms with E-state index in [1.807, 2.05) is 48.8 Å². The van der Waals surface area contributed by atoms with Crippen LogP contribution in [0.5, 0.6) is 5.75 Å². The lowest BCUT2D eigenvalue weighted by Gasteiger charge is -2.52. The van der Waals surface area contributed by atoms with E-state index in [-0.39, 0.29) is 22.6 Å². The van der Waals surface area contributed by atoms with Gasteiger partial charge in [0, 0.05) is 36.6 Å². The summed E-state index contributed by atoms with van der Waals surface area (Å²) in [6.45, 7) is 7.16. The van der Waals surface area contributed by atoms with Crippen LogP contribution in [0.2, 0.25) is 10.0 Å². The van der Waals surface area contributed by atoms with E-state index in [0.29, 0.717) is 22.2 Å². The second-order valence-corrected chi connectivity index (χ2v) is 12.5. The number of nitrogens with zero attached hydrogens (tertiary/aromatic N) is 4.